The van der Waals surface area contributed by atoms with Crippen LogP contribution in [0.4, 0.5) is 10.1 Å². The molecule has 0 bridgehead atoms. The van der Waals surface area contributed by atoms with Crippen LogP contribution in [0.25, 0.3) is 0 Å². The summed E-state index contributed by atoms with van der Waals surface area (Å²) < 4.78 is 13.2. The van der Waals surface area contributed by atoms with E-state index in [1.807, 2.05) is 0 Å². The first-order valence-corrected chi connectivity index (χ1v) is 5.60. The van der Waals surface area contributed by atoms with Crippen LogP contribution in [0.3, 0.4) is 0 Å². The van der Waals surface area contributed by atoms with Crippen molar-refractivity contribution in [3.05, 3.63) is 60.1 Å². The lowest BCUT2D eigenvalue weighted by Gasteiger charge is -2.11. The Labute approximate surface area is 109 Å². The Kier molecular flexibility index (Phi) is 4.04. The van der Waals surface area contributed by atoms with Gasteiger partial charge in [0, 0.05) is 24.2 Å². The molecule has 2 aromatic rings. The van der Waals surface area contributed by atoms with Gasteiger partial charge in [0.25, 0.3) is 0 Å². The summed E-state index contributed by atoms with van der Waals surface area (Å²) in [6.45, 7) is 0. The van der Waals surface area contributed by atoms with Crippen molar-refractivity contribution in [2.75, 3.05) is 0 Å². The van der Waals surface area contributed by atoms with E-state index in [4.69, 9.17) is 5.73 Å². The maximum absolute atomic E-state index is 13.2. The summed E-state index contributed by atoms with van der Waals surface area (Å²) in [7, 11) is 0. The number of rotatable bonds is 4. The number of aromatic nitrogens is 2. The van der Waals surface area contributed by atoms with Crippen molar-refractivity contribution in [1.82, 2.24) is 9.97 Å². The van der Waals surface area contributed by atoms with Gasteiger partial charge in [-0.1, -0.05) is 6.07 Å². The van der Waals surface area contributed by atoms with E-state index < -0.39 is 11.9 Å². The minimum atomic E-state index is -0.996. The average molecular weight is 260 g/mol. The second-order valence-corrected chi connectivity index (χ2v) is 3.74. The van der Waals surface area contributed by atoms with E-state index in [9.17, 15) is 9.50 Å². The number of aliphatic hydroxyl groups excluding tert-OH is 1. The normalized spacial score (nSPS) is 13.4. The number of benzene rings is 1. The third kappa shape index (κ3) is 3.05. The molecule has 0 saturated carbocycles. The average Bonchev–Trinajstić information content (AvgIpc) is 2.92. The number of halogens is 1. The van der Waals surface area contributed by atoms with Gasteiger partial charge in [-0.25, -0.2) is 9.37 Å². The highest BCUT2D eigenvalue weighted by atomic mass is 19.1. The summed E-state index contributed by atoms with van der Waals surface area (Å²) in [5.41, 5.74) is 5.97. The van der Waals surface area contributed by atoms with Crippen LogP contribution in [0.1, 0.15) is 17.5 Å². The molecule has 0 saturated heterocycles. The molecule has 0 aliphatic carbocycles. The van der Waals surface area contributed by atoms with Gasteiger partial charge in [-0.3, -0.25) is 4.99 Å². The first kappa shape index (κ1) is 13.0. The molecule has 1 aromatic heterocycles. The maximum Gasteiger partial charge on any atom is 0.139 e. The van der Waals surface area contributed by atoms with Gasteiger partial charge in [0.05, 0.1) is 5.69 Å². The summed E-state index contributed by atoms with van der Waals surface area (Å²) in [6.07, 6.45) is 6.38. The third-order valence-electron chi connectivity index (χ3n) is 2.48. The number of aliphatic hydroxyl groups is 1. The Bertz CT molecular complexity index is 593. The monoisotopic (exact) mass is 260 g/mol. The maximum atomic E-state index is 13.2. The number of hydrogen-bond donors (Lipinski definition) is 3. The molecule has 6 heteroatoms. The number of aromatic amines is 1. The highest BCUT2D eigenvalue weighted by Gasteiger charge is 2.16. The predicted molar refractivity (Wildman–Crippen MR) is 70.5 cm³/mol. The van der Waals surface area contributed by atoms with Crippen LogP contribution in [0.5, 0.6) is 0 Å². The molecule has 5 nitrogen and oxygen atoms in total. The lowest BCUT2D eigenvalue weighted by molar-refractivity contribution is 0.211. The molecule has 0 amide bonds. The van der Waals surface area contributed by atoms with Gasteiger partial charge >= 0.3 is 0 Å². The molecule has 0 aliphatic heterocycles. The van der Waals surface area contributed by atoms with Crippen molar-refractivity contribution in [2.24, 2.45) is 10.7 Å². The number of imidazole rings is 1. The molecule has 0 aliphatic rings. The van der Waals surface area contributed by atoms with Crippen LogP contribution in [-0.4, -0.2) is 21.3 Å². The number of allylic oxidation sites excluding steroid dienone is 1. The van der Waals surface area contributed by atoms with Gasteiger partial charge < -0.3 is 15.8 Å². The second-order valence-electron chi connectivity index (χ2n) is 3.74. The predicted octanol–water partition coefficient (Wildman–Crippen LogP) is 1.81. The number of H-pyrrole nitrogens is 1. The standard InChI is InChI=1S/C13H13FN4O/c14-9-2-3-10(11(8-9)16-5-1-4-15)12(19)13-17-6-7-18-13/h1-8,12,19H,15H2,(H,17,18). The Hall–Kier alpha value is -2.47. The lowest BCUT2D eigenvalue weighted by Crippen LogP contribution is -2.02. The van der Waals surface area contributed by atoms with E-state index in [2.05, 4.69) is 15.0 Å². The van der Waals surface area contributed by atoms with Gasteiger partial charge in [0.2, 0.25) is 0 Å². The van der Waals surface area contributed by atoms with E-state index in [1.54, 1.807) is 6.20 Å². The third-order valence-corrected chi connectivity index (χ3v) is 2.48. The molecule has 1 heterocycles. The van der Waals surface area contributed by atoms with Crippen molar-refractivity contribution in [1.29, 1.82) is 0 Å². The minimum absolute atomic E-state index is 0.321. The van der Waals surface area contributed by atoms with E-state index in [0.717, 1.165) is 0 Å². The number of nitrogens with one attached hydrogen (secondary N) is 1. The number of nitrogens with zero attached hydrogens (tertiary/aromatic N) is 2. The first-order valence-electron chi connectivity index (χ1n) is 5.60. The quantitative estimate of drug-likeness (QED) is 0.732. The molecule has 0 spiro atoms. The van der Waals surface area contributed by atoms with Crippen molar-refractivity contribution in [2.45, 2.75) is 6.10 Å². The molecular formula is C13H13FN4O. The molecule has 2 rings (SSSR count). The molecule has 98 valence electrons. The Balaban J connectivity index is 2.39. The lowest BCUT2D eigenvalue weighted by atomic mass is 10.1. The van der Waals surface area contributed by atoms with Crippen molar-refractivity contribution in [3.63, 3.8) is 0 Å². The van der Waals surface area contributed by atoms with Crippen LogP contribution < -0.4 is 5.73 Å². The van der Waals surface area contributed by atoms with E-state index in [1.165, 1.54) is 42.9 Å². The van der Waals surface area contributed by atoms with Crippen LogP contribution in [-0.2, 0) is 0 Å². The molecule has 1 unspecified atom stereocenters. The van der Waals surface area contributed by atoms with E-state index >= 15 is 0 Å². The molecule has 4 N–H and O–H groups in total. The minimum Gasteiger partial charge on any atom is -0.405 e. The zero-order valence-electron chi connectivity index (χ0n) is 9.99. The molecular weight excluding hydrogens is 247 g/mol. The number of hydrogen-bond acceptors (Lipinski definition) is 4. The highest BCUT2D eigenvalue weighted by molar-refractivity contribution is 5.75. The van der Waals surface area contributed by atoms with E-state index in [0.29, 0.717) is 17.1 Å². The zero-order chi connectivity index (χ0) is 13.7. The summed E-state index contributed by atoms with van der Waals surface area (Å²) in [5.74, 6) is -0.0586. The smallest absolute Gasteiger partial charge is 0.139 e. The molecule has 19 heavy (non-hydrogen) atoms. The van der Waals surface area contributed by atoms with Crippen molar-refractivity contribution < 1.29 is 9.50 Å². The van der Waals surface area contributed by atoms with Crippen molar-refractivity contribution >= 4 is 11.9 Å². The Morgan fingerprint density at radius 2 is 2.32 bits per heavy atom. The van der Waals surface area contributed by atoms with Crippen LogP contribution in [0.2, 0.25) is 0 Å². The van der Waals surface area contributed by atoms with Crippen molar-refractivity contribution in [3.8, 4) is 0 Å². The van der Waals surface area contributed by atoms with Gasteiger partial charge in [-0.2, -0.15) is 0 Å². The summed E-state index contributed by atoms with van der Waals surface area (Å²) in [6, 6.07) is 3.98. The molecule has 0 radical (unpaired) electrons. The fourth-order valence-corrected chi connectivity index (χ4v) is 1.61. The highest BCUT2D eigenvalue weighted by Crippen LogP contribution is 2.29. The molecule has 1 atom stereocenters. The van der Waals surface area contributed by atoms with Gasteiger partial charge in [0.15, 0.2) is 0 Å². The molecule has 1 aromatic carbocycles. The fraction of sp³-hybridized carbons (Fsp3) is 0.0769. The zero-order valence-corrected chi connectivity index (χ0v) is 9.99. The summed E-state index contributed by atoms with van der Waals surface area (Å²) >= 11 is 0. The van der Waals surface area contributed by atoms with Gasteiger partial charge in [-0.15, -0.1) is 0 Å². The Morgan fingerprint density at radius 3 is 3.00 bits per heavy atom. The SMILES string of the molecule is NC=CC=Nc1cc(F)ccc1C(O)c1ncc[nH]1. The van der Waals surface area contributed by atoms with Crippen LogP contribution >= 0.6 is 0 Å². The fourth-order valence-electron chi connectivity index (χ4n) is 1.61. The first-order chi connectivity index (χ1) is 9.22. The largest absolute Gasteiger partial charge is 0.405 e. The van der Waals surface area contributed by atoms with E-state index in [-0.39, 0.29) is 0 Å². The van der Waals surface area contributed by atoms with Gasteiger partial charge in [-0.05, 0) is 24.4 Å². The number of nitrogens with two attached hydrogens (primary N) is 1. The van der Waals surface area contributed by atoms with Crippen LogP contribution in [0.15, 0.2) is 47.9 Å². The topological polar surface area (TPSA) is 87.3 Å². The second kappa shape index (κ2) is 5.92. The molecule has 0 fully saturated rings. The van der Waals surface area contributed by atoms with Crippen LogP contribution in [0, 0.1) is 5.82 Å². The number of aliphatic imine (C=N–C) groups is 1. The van der Waals surface area contributed by atoms with Gasteiger partial charge in [0.1, 0.15) is 17.7 Å². The Morgan fingerprint density at radius 1 is 1.47 bits per heavy atom. The summed E-state index contributed by atoms with van der Waals surface area (Å²) in [4.78, 5) is 10.8. The summed E-state index contributed by atoms with van der Waals surface area (Å²) in [5, 5.41) is 10.2.